The predicted octanol–water partition coefficient (Wildman–Crippen LogP) is 21.5. The van der Waals surface area contributed by atoms with E-state index in [0.717, 1.165) is 77.0 Å². The van der Waals surface area contributed by atoms with E-state index in [1.54, 1.807) is 0 Å². The number of carboxylic acids is 1. The summed E-state index contributed by atoms with van der Waals surface area (Å²) in [5, 5.41) is 11.8. The van der Waals surface area contributed by atoms with Gasteiger partial charge in [0.1, 0.15) is 13.2 Å². The average Bonchev–Trinajstić information content (AvgIpc) is 3.55. The molecule has 2 unspecified atom stereocenters. The first-order valence-electron chi connectivity index (χ1n) is 36.4. The molecule has 0 heterocycles. The van der Waals surface area contributed by atoms with Crippen LogP contribution in [0.5, 0.6) is 0 Å². The van der Waals surface area contributed by atoms with Crippen LogP contribution in [0.4, 0.5) is 0 Å². The smallest absolute Gasteiger partial charge is 0.306 e. The minimum absolute atomic E-state index is 0.147. The number of ether oxygens (including phenoxy) is 4. The standard InChI is InChI=1S/C78H137NO8/c1-6-8-10-12-14-16-18-20-22-24-26-28-30-31-32-33-34-35-36-37-38-39-40-41-42-43-44-45-47-49-51-53-55-57-59-61-63-65-67-69-76(81)87-74(73-86-78(77(82)83)84-71-70-79(3,4)5)72-85-75(80)68-66-64-62-60-58-56-54-52-50-48-46-29-27-25-23-21-19-17-15-13-11-9-7-2/h8,10,14,16,20,22,25-28,31-32,34-35,37-38,74,78H,6-7,9,11-13,15,17-19,21,23-24,29-30,33,36,39-73H2,1-5H3/b10-8-,16-14-,22-20-,27-25-,28-26-,32-31-,35-34-,38-37-. The van der Waals surface area contributed by atoms with E-state index >= 15 is 0 Å². The lowest BCUT2D eigenvalue weighted by Crippen LogP contribution is -2.44. The summed E-state index contributed by atoms with van der Waals surface area (Å²) in [5.41, 5.74) is 0. The molecule has 0 aliphatic rings. The van der Waals surface area contributed by atoms with Crippen LogP contribution >= 0.6 is 0 Å². The number of carbonyl (C=O) groups is 3. The van der Waals surface area contributed by atoms with E-state index in [0.29, 0.717) is 23.9 Å². The van der Waals surface area contributed by atoms with E-state index in [1.165, 1.54) is 212 Å². The van der Waals surface area contributed by atoms with Gasteiger partial charge in [-0.15, -0.1) is 0 Å². The highest BCUT2D eigenvalue weighted by Gasteiger charge is 2.22. The van der Waals surface area contributed by atoms with Crippen LogP contribution in [0.25, 0.3) is 0 Å². The number of unbranched alkanes of at least 4 members (excludes halogenated alkanes) is 36. The fourth-order valence-electron chi connectivity index (χ4n) is 10.3. The molecule has 0 aliphatic carbocycles. The summed E-state index contributed by atoms with van der Waals surface area (Å²) in [6.07, 6.45) is 90.7. The molecule has 0 saturated heterocycles. The van der Waals surface area contributed by atoms with E-state index in [-0.39, 0.29) is 32.2 Å². The van der Waals surface area contributed by atoms with E-state index in [2.05, 4.69) is 111 Å². The summed E-state index contributed by atoms with van der Waals surface area (Å²) in [5.74, 6) is -2.27. The van der Waals surface area contributed by atoms with Crippen molar-refractivity contribution >= 4 is 17.9 Å². The van der Waals surface area contributed by atoms with Crippen molar-refractivity contribution in [2.45, 2.75) is 334 Å². The number of esters is 2. The maximum atomic E-state index is 12.9. The van der Waals surface area contributed by atoms with Crippen LogP contribution in [0.2, 0.25) is 0 Å². The predicted molar refractivity (Wildman–Crippen MR) is 371 cm³/mol. The van der Waals surface area contributed by atoms with Crippen molar-refractivity contribution in [2.24, 2.45) is 0 Å². The zero-order valence-corrected chi connectivity index (χ0v) is 57.4. The number of likely N-dealkylation sites (N-methyl/N-ethyl adjacent to an activating group) is 1. The quantitative estimate of drug-likeness (QED) is 0.0195. The Hall–Kier alpha value is -3.79. The first-order chi connectivity index (χ1) is 42.6. The lowest BCUT2D eigenvalue weighted by molar-refractivity contribution is -0.870. The van der Waals surface area contributed by atoms with Gasteiger partial charge < -0.3 is 33.3 Å². The summed E-state index contributed by atoms with van der Waals surface area (Å²) in [7, 11) is 5.94. The minimum Gasteiger partial charge on any atom is -0.545 e. The van der Waals surface area contributed by atoms with Crippen molar-refractivity contribution < 1.29 is 42.9 Å². The molecule has 0 aromatic carbocycles. The Kier molecular flexibility index (Phi) is 65.2. The molecule has 0 rings (SSSR count). The van der Waals surface area contributed by atoms with Crippen LogP contribution in [-0.4, -0.2) is 82.3 Å². The molecule has 0 aromatic rings. The van der Waals surface area contributed by atoms with Crippen LogP contribution in [0, 0.1) is 0 Å². The first-order valence-corrected chi connectivity index (χ1v) is 36.4. The van der Waals surface area contributed by atoms with E-state index in [1.807, 2.05) is 21.1 Å². The monoisotopic (exact) mass is 1220 g/mol. The lowest BCUT2D eigenvalue weighted by atomic mass is 10.0. The number of quaternary nitrogens is 1. The van der Waals surface area contributed by atoms with Gasteiger partial charge in [0.25, 0.3) is 0 Å². The second kappa shape index (κ2) is 68.1. The average molecular weight is 1220 g/mol. The number of carboxylic acid groups (broad SMARTS) is 1. The van der Waals surface area contributed by atoms with Gasteiger partial charge in [-0.25, -0.2) is 0 Å². The van der Waals surface area contributed by atoms with Crippen LogP contribution in [-0.2, 0) is 33.3 Å². The lowest BCUT2D eigenvalue weighted by Gasteiger charge is -2.26. The summed E-state index contributed by atoms with van der Waals surface area (Å²) >= 11 is 0. The van der Waals surface area contributed by atoms with E-state index in [9.17, 15) is 19.5 Å². The van der Waals surface area contributed by atoms with Gasteiger partial charge >= 0.3 is 11.9 Å². The van der Waals surface area contributed by atoms with E-state index < -0.39 is 24.3 Å². The van der Waals surface area contributed by atoms with Crippen LogP contribution in [0.3, 0.4) is 0 Å². The molecule has 0 saturated carbocycles. The van der Waals surface area contributed by atoms with Gasteiger partial charge in [-0.1, -0.05) is 310 Å². The second-order valence-electron chi connectivity index (χ2n) is 25.5. The fraction of sp³-hybridized carbons (Fsp3) is 0.756. The Bertz CT molecular complexity index is 1750. The van der Waals surface area contributed by atoms with Gasteiger partial charge in [-0.05, 0) is 96.3 Å². The number of hydrogen-bond donors (Lipinski definition) is 0. The van der Waals surface area contributed by atoms with Crippen molar-refractivity contribution in [3.8, 4) is 0 Å². The van der Waals surface area contributed by atoms with Gasteiger partial charge in [0, 0.05) is 12.8 Å². The Balaban J connectivity index is 4.05. The van der Waals surface area contributed by atoms with Gasteiger partial charge in [-0.2, -0.15) is 0 Å². The summed E-state index contributed by atoms with van der Waals surface area (Å²) in [4.78, 5) is 37.5. The molecular formula is C78H137NO8. The van der Waals surface area contributed by atoms with Crippen molar-refractivity contribution in [1.29, 1.82) is 0 Å². The topological polar surface area (TPSA) is 111 Å². The van der Waals surface area contributed by atoms with Crippen LogP contribution < -0.4 is 5.11 Å². The third-order valence-electron chi connectivity index (χ3n) is 15.8. The Morgan fingerprint density at radius 2 is 0.655 bits per heavy atom. The minimum atomic E-state index is -1.62. The van der Waals surface area contributed by atoms with Crippen LogP contribution in [0.1, 0.15) is 322 Å². The molecule has 0 radical (unpaired) electrons. The number of aliphatic carboxylic acids is 1. The molecule has 9 nitrogen and oxygen atoms in total. The SMILES string of the molecule is CC/C=C\C/C=C\C/C=C\C/C=C\C/C=C\C/C=C\C/C=C\CCCCCCCCCCCCCCCCCCCC(=O)OC(COC(=O)CCCCCCCCCCCCC/C=C\CCCCCCCCCC)COC(OCC[N+](C)(C)C)C(=O)[O-]. The zero-order chi connectivity index (χ0) is 63.3. The summed E-state index contributed by atoms with van der Waals surface area (Å²) in [6.45, 7) is 4.67. The number of hydrogen-bond acceptors (Lipinski definition) is 8. The molecule has 9 heteroatoms. The van der Waals surface area contributed by atoms with E-state index in [4.69, 9.17) is 18.9 Å². The molecule has 0 amide bonds. The number of allylic oxidation sites excluding steroid dienone is 16. The maximum absolute atomic E-state index is 12.9. The highest BCUT2D eigenvalue weighted by Crippen LogP contribution is 2.18. The fourth-order valence-corrected chi connectivity index (χ4v) is 10.3. The Morgan fingerprint density at radius 1 is 0.356 bits per heavy atom. The molecule has 0 aromatic heterocycles. The highest BCUT2D eigenvalue weighted by molar-refractivity contribution is 5.70. The zero-order valence-electron chi connectivity index (χ0n) is 57.4. The van der Waals surface area contributed by atoms with Gasteiger partial charge in [0.2, 0.25) is 0 Å². The summed E-state index contributed by atoms with van der Waals surface area (Å²) in [6, 6.07) is 0. The van der Waals surface area contributed by atoms with Crippen molar-refractivity contribution in [3.05, 3.63) is 97.2 Å². The third kappa shape index (κ3) is 69.5. The molecule has 0 spiro atoms. The molecule has 502 valence electrons. The number of rotatable bonds is 67. The molecule has 87 heavy (non-hydrogen) atoms. The Morgan fingerprint density at radius 3 is 0.989 bits per heavy atom. The largest absolute Gasteiger partial charge is 0.545 e. The molecule has 0 aliphatic heterocycles. The number of carbonyl (C=O) groups excluding carboxylic acids is 3. The molecule has 2 atom stereocenters. The van der Waals surface area contributed by atoms with Crippen molar-refractivity contribution in [3.63, 3.8) is 0 Å². The van der Waals surface area contributed by atoms with Crippen molar-refractivity contribution in [1.82, 2.24) is 0 Å². The molecule has 0 bridgehead atoms. The Labute approximate surface area is 537 Å². The van der Waals surface area contributed by atoms with Gasteiger partial charge in [0.05, 0.1) is 40.3 Å². The summed E-state index contributed by atoms with van der Waals surface area (Å²) < 4.78 is 22.8. The number of nitrogens with zero attached hydrogens (tertiary/aromatic N) is 1. The molecular weight excluding hydrogens is 1080 g/mol. The van der Waals surface area contributed by atoms with Crippen molar-refractivity contribution in [2.75, 3.05) is 47.5 Å². The molecule has 0 fully saturated rings. The van der Waals surface area contributed by atoms with Gasteiger partial charge in [-0.3, -0.25) is 9.59 Å². The second-order valence-corrected chi connectivity index (χ2v) is 25.5. The highest BCUT2D eigenvalue weighted by atomic mass is 16.7. The third-order valence-corrected chi connectivity index (χ3v) is 15.8. The maximum Gasteiger partial charge on any atom is 0.306 e. The van der Waals surface area contributed by atoms with Gasteiger partial charge in [0.15, 0.2) is 12.4 Å². The first kappa shape index (κ1) is 83.2. The molecule has 0 N–H and O–H groups in total. The van der Waals surface area contributed by atoms with Crippen LogP contribution in [0.15, 0.2) is 97.2 Å². The normalized spacial score (nSPS) is 13.3.